The zero-order chi connectivity index (χ0) is 8.32. The van der Waals surface area contributed by atoms with Gasteiger partial charge in [0.05, 0.1) is 0 Å². The lowest BCUT2D eigenvalue weighted by atomic mass is 9.75. The van der Waals surface area contributed by atoms with E-state index in [1.807, 2.05) is 0 Å². The van der Waals surface area contributed by atoms with Gasteiger partial charge in [0.25, 0.3) is 0 Å². The molecule has 0 saturated carbocycles. The van der Waals surface area contributed by atoms with E-state index < -0.39 is 5.51 Å². The fourth-order valence-electron chi connectivity index (χ4n) is 1.11. The van der Waals surface area contributed by atoms with Crippen LogP contribution in [0, 0.1) is 0 Å². The van der Waals surface area contributed by atoms with Gasteiger partial charge in [-0.15, -0.1) is 0 Å². The SMILES string of the molecule is FC(F)(F)SOC1BCCC1. The monoisotopic (exact) mass is 184 g/mol. The molecule has 1 atom stereocenters. The van der Waals surface area contributed by atoms with E-state index in [4.69, 9.17) is 0 Å². The molecule has 1 aliphatic rings. The molecule has 0 radical (unpaired) electrons. The Hall–Kier alpha value is 0.165. The van der Waals surface area contributed by atoms with Gasteiger partial charge in [-0.1, -0.05) is 12.7 Å². The maximum Gasteiger partial charge on any atom is 0.467 e. The van der Waals surface area contributed by atoms with Crippen molar-refractivity contribution in [1.29, 1.82) is 0 Å². The third-order valence-corrected chi connectivity index (χ3v) is 2.14. The molecule has 1 rings (SSSR count). The molecule has 1 fully saturated rings. The summed E-state index contributed by atoms with van der Waals surface area (Å²) >= 11 is -0.369. The van der Waals surface area contributed by atoms with E-state index in [0.717, 1.165) is 26.4 Å². The summed E-state index contributed by atoms with van der Waals surface area (Å²) in [5.41, 5.74) is -4.25. The topological polar surface area (TPSA) is 9.23 Å². The van der Waals surface area contributed by atoms with Crippen LogP contribution in [0.1, 0.15) is 12.8 Å². The van der Waals surface area contributed by atoms with Crippen molar-refractivity contribution in [2.75, 3.05) is 0 Å². The summed E-state index contributed by atoms with van der Waals surface area (Å²) in [6, 6.07) is -0.179. The minimum absolute atomic E-state index is 0.179. The summed E-state index contributed by atoms with van der Waals surface area (Å²) in [7, 11) is 0.767. The summed E-state index contributed by atoms with van der Waals surface area (Å²) in [5, 5.41) is 0. The van der Waals surface area contributed by atoms with Crippen LogP contribution in [0.5, 0.6) is 0 Å². The largest absolute Gasteiger partial charge is 0.467 e. The molecule has 0 N–H and O–H groups in total. The summed E-state index contributed by atoms with van der Waals surface area (Å²) < 4.78 is 39.2. The average molecular weight is 184 g/mol. The van der Waals surface area contributed by atoms with Crippen molar-refractivity contribution in [3.05, 3.63) is 0 Å². The van der Waals surface area contributed by atoms with Crippen molar-refractivity contribution in [2.45, 2.75) is 30.7 Å². The highest BCUT2D eigenvalue weighted by Crippen LogP contribution is 2.33. The fourth-order valence-corrected chi connectivity index (χ4v) is 1.54. The predicted molar refractivity (Wildman–Crippen MR) is 39.7 cm³/mol. The van der Waals surface area contributed by atoms with Gasteiger partial charge in [0.2, 0.25) is 0 Å². The van der Waals surface area contributed by atoms with Crippen molar-refractivity contribution in [1.82, 2.24) is 0 Å². The highest BCUT2D eigenvalue weighted by molar-refractivity contribution is 7.95. The van der Waals surface area contributed by atoms with Crippen LogP contribution in [0.15, 0.2) is 0 Å². The summed E-state index contributed by atoms with van der Waals surface area (Å²) in [6.45, 7) is 0. The smallest absolute Gasteiger partial charge is 0.314 e. The molecular weight excluding hydrogens is 176 g/mol. The molecule has 64 valence electrons. The van der Waals surface area contributed by atoms with Gasteiger partial charge >= 0.3 is 5.51 Å². The van der Waals surface area contributed by atoms with E-state index in [1.54, 1.807) is 0 Å². The first-order chi connectivity index (χ1) is 5.08. The van der Waals surface area contributed by atoms with Crippen LogP contribution in [0.25, 0.3) is 0 Å². The molecule has 0 amide bonds. The molecule has 0 aliphatic carbocycles. The van der Waals surface area contributed by atoms with Gasteiger partial charge in [-0.3, -0.25) is 0 Å². The zero-order valence-electron chi connectivity index (χ0n) is 5.86. The van der Waals surface area contributed by atoms with Crippen molar-refractivity contribution >= 4 is 19.3 Å². The molecule has 1 unspecified atom stereocenters. The summed E-state index contributed by atoms with van der Waals surface area (Å²) in [4.78, 5) is 0. The minimum Gasteiger partial charge on any atom is -0.314 e. The van der Waals surface area contributed by atoms with Crippen LogP contribution in [0.4, 0.5) is 13.2 Å². The Kier molecular flexibility index (Phi) is 3.12. The van der Waals surface area contributed by atoms with Crippen molar-refractivity contribution < 1.29 is 17.4 Å². The Morgan fingerprint density at radius 1 is 1.45 bits per heavy atom. The molecule has 1 saturated heterocycles. The predicted octanol–water partition coefficient (Wildman–Crippen LogP) is 2.15. The van der Waals surface area contributed by atoms with E-state index in [1.165, 1.54) is 0 Å². The Morgan fingerprint density at radius 3 is 2.64 bits per heavy atom. The Morgan fingerprint density at radius 2 is 2.18 bits per heavy atom. The van der Waals surface area contributed by atoms with Gasteiger partial charge in [-0.05, 0) is 6.42 Å². The first-order valence-corrected chi connectivity index (χ1v) is 4.23. The summed E-state index contributed by atoms with van der Waals surface area (Å²) in [6.07, 6.45) is 2.75. The van der Waals surface area contributed by atoms with Gasteiger partial charge in [-0.25, -0.2) is 0 Å². The second kappa shape index (κ2) is 3.71. The van der Waals surface area contributed by atoms with E-state index in [9.17, 15) is 13.2 Å². The zero-order valence-corrected chi connectivity index (χ0v) is 6.67. The number of hydrogen-bond donors (Lipinski definition) is 0. The first kappa shape index (κ1) is 9.25. The maximum atomic E-state index is 11.5. The van der Waals surface area contributed by atoms with E-state index in [2.05, 4.69) is 4.18 Å². The lowest BCUT2D eigenvalue weighted by Gasteiger charge is -2.09. The van der Waals surface area contributed by atoms with Gasteiger partial charge in [0.15, 0.2) is 7.28 Å². The molecule has 0 aromatic rings. The number of alkyl halides is 3. The normalized spacial score (nSPS) is 25.2. The number of rotatable bonds is 2. The van der Waals surface area contributed by atoms with E-state index in [-0.39, 0.29) is 18.0 Å². The quantitative estimate of drug-likeness (QED) is 0.480. The van der Waals surface area contributed by atoms with Crippen molar-refractivity contribution in [2.24, 2.45) is 0 Å². The first-order valence-electron chi connectivity index (χ1n) is 3.49. The Labute approximate surface area is 68.1 Å². The lowest BCUT2D eigenvalue weighted by Crippen LogP contribution is -2.13. The van der Waals surface area contributed by atoms with Gasteiger partial charge in [0, 0.05) is 6.00 Å². The van der Waals surface area contributed by atoms with Crippen molar-refractivity contribution in [3.8, 4) is 0 Å². The number of hydrogen-bond acceptors (Lipinski definition) is 2. The third kappa shape index (κ3) is 3.91. The van der Waals surface area contributed by atoms with Crippen LogP contribution < -0.4 is 0 Å². The fraction of sp³-hybridized carbons (Fsp3) is 1.00. The van der Waals surface area contributed by atoms with E-state index >= 15 is 0 Å². The molecule has 0 spiro atoms. The molecule has 1 aliphatic heterocycles. The van der Waals surface area contributed by atoms with Crippen LogP contribution >= 0.6 is 12.0 Å². The van der Waals surface area contributed by atoms with Crippen LogP contribution in [0.3, 0.4) is 0 Å². The molecule has 11 heavy (non-hydrogen) atoms. The second-order valence-corrected chi connectivity index (χ2v) is 3.35. The standard InChI is InChI=1S/C5H8BF3OS/c7-5(8,9)11-10-4-2-1-3-6-4/h4,6H,1-3H2. The van der Waals surface area contributed by atoms with Crippen LogP contribution in [-0.4, -0.2) is 18.8 Å². The van der Waals surface area contributed by atoms with Crippen molar-refractivity contribution in [3.63, 3.8) is 0 Å². The maximum absolute atomic E-state index is 11.5. The average Bonchev–Trinajstić information content (AvgIpc) is 2.32. The van der Waals surface area contributed by atoms with E-state index in [0.29, 0.717) is 0 Å². The molecule has 0 aromatic carbocycles. The molecular formula is C5H8BF3OS. The van der Waals surface area contributed by atoms with Gasteiger partial charge in [0.1, 0.15) is 12.0 Å². The van der Waals surface area contributed by atoms with Crippen LogP contribution in [-0.2, 0) is 4.18 Å². The Balaban J connectivity index is 2.11. The minimum atomic E-state index is -4.25. The lowest BCUT2D eigenvalue weighted by molar-refractivity contribution is -0.0403. The molecule has 1 nitrogen and oxygen atoms in total. The molecule has 0 aromatic heterocycles. The van der Waals surface area contributed by atoms with Gasteiger partial charge in [-0.2, -0.15) is 13.2 Å². The molecule has 1 heterocycles. The second-order valence-electron chi connectivity index (χ2n) is 2.53. The highest BCUT2D eigenvalue weighted by Gasteiger charge is 2.32. The molecule has 6 heteroatoms. The van der Waals surface area contributed by atoms with Gasteiger partial charge < -0.3 is 4.18 Å². The molecule has 0 bridgehead atoms. The highest BCUT2D eigenvalue weighted by atomic mass is 32.2. The number of halogens is 3. The van der Waals surface area contributed by atoms with Crippen LogP contribution in [0.2, 0.25) is 6.32 Å². The Bertz CT molecular complexity index is 123. The summed E-state index contributed by atoms with van der Waals surface area (Å²) in [5.74, 6) is 0. The third-order valence-electron chi connectivity index (χ3n) is 1.58.